The highest BCUT2D eigenvalue weighted by atomic mass is 15.3. The topological polar surface area (TPSA) is 9.72 Å². The average molecular weight is 314 g/mol. The zero-order chi connectivity index (χ0) is 16.1. The van der Waals surface area contributed by atoms with E-state index in [1.165, 1.54) is 58.5 Å². The van der Waals surface area contributed by atoms with Crippen LogP contribution in [0.4, 0.5) is 0 Å². The van der Waals surface area contributed by atoms with Gasteiger partial charge >= 0.3 is 0 Å². The van der Waals surface area contributed by atoms with Gasteiger partial charge in [-0.05, 0) is 74.5 Å². The van der Waals surface area contributed by atoms with Gasteiger partial charge in [-0.1, -0.05) is 13.8 Å². The predicted molar refractivity (Wildman–Crippen MR) is 101 cm³/mol. The van der Waals surface area contributed by atoms with Gasteiger partial charge in [0.25, 0.3) is 0 Å². The molecule has 2 aliphatic rings. The fraction of sp³-hybridized carbons (Fsp3) is 1.00. The second kappa shape index (κ2) is 9.24. The van der Waals surface area contributed by atoms with E-state index in [2.05, 4.69) is 63.3 Å². The number of piperazine rings is 1. The van der Waals surface area contributed by atoms with Crippen molar-refractivity contribution in [3.05, 3.63) is 0 Å². The molecule has 0 radical (unpaired) electrons. The molecule has 3 heteroatoms. The third kappa shape index (κ3) is 7.94. The zero-order valence-corrected chi connectivity index (χ0v) is 15.7. The van der Waals surface area contributed by atoms with Gasteiger partial charge in [-0.3, -0.25) is 9.80 Å². The van der Waals surface area contributed by atoms with Gasteiger partial charge in [0.15, 0.2) is 0 Å². The predicted octanol–water partition coefficient (Wildman–Crippen LogP) is 3.94. The molecule has 2 saturated heterocycles. The normalized spacial score (nSPS) is 22.5. The molecular formula is C19H43N3. The number of nitrogens with zero attached hydrogens (tertiary/aromatic N) is 3. The Kier molecular flexibility index (Phi) is 9.19. The highest BCUT2D eigenvalue weighted by molar-refractivity contribution is 4.80. The lowest BCUT2D eigenvalue weighted by Crippen LogP contribution is -2.52. The van der Waals surface area contributed by atoms with Crippen molar-refractivity contribution < 1.29 is 0 Å². The molecule has 3 nitrogen and oxygen atoms in total. The molecule has 0 aromatic heterocycles. The molecule has 134 valence electrons. The fourth-order valence-electron chi connectivity index (χ4n) is 3.04. The monoisotopic (exact) mass is 313 g/mol. The molecule has 0 aromatic carbocycles. The van der Waals surface area contributed by atoms with Crippen LogP contribution < -0.4 is 0 Å². The smallest absolute Gasteiger partial charge is 0.0126 e. The van der Waals surface area contributed by atoms with E-state index >= 15 is 0 Å². The maximum Gasteiger partial charge on any atom is 0.0126 e. The maximum absolute atomic E-state index is 2.58. The number of hydrogen-bond donors (Lipinski definition) is 0. The van der Waals surface area contributed by atoms with Crippen LogP contribution in [0.25, 0.3) is 0 Å². The summed E-state index contributed by atoms with van der Waals surface area (Å²) >= 11 is 0. The Morgan fingerprint density at radius 3 is 1.23 bits per heavy atom. The first-order chi connectivity index (χ1) is 9.60. The Labute approximate surface area is 141 Å². The maximum atomic E-state index is 2.58. The molecule has 0 saturated carbocycles. The fourth-order valence-corrected chi connectivity index (χ4v) is 3.04. The van der Waals surface area contributed by atoms with Crippen LogP contribution in [0.2, 0.25) is 0 Å². The van der Waals surface area contributed by atoms with Gasteiger partial charge in [0.05, 0.1) is 0 Å². The molecule has 0 bridgehead atoms. The Morgan fingerprint density at radius 2 is 0.909 bits per heavy atom. The second-order valence-corrected chi connectivity index (χ2v) is 8.68. The van der Waals surface area contributed by atoms with E-state index in [0.29, 0.717) is 11.1 Å². The van der Waals surface area contributed by atoms with Crippen LogP contribution in [-0.4, -0.2) is 72.1 Å². The van der Waals surface area contributed by atoms with Gasteiger partial charge in [0.2, 0.25) is 0 Å². The minimum absolute atomic E-state index is 0. The van der Waals surface area contributed by atoms with E-state index in [1.807, 2.05) is 0 Å². The van der Waals surface area contributed by atoms with E-state index in [4.69, 9.17) is 0 Å². The van der Waals surface area contributed by atoms with Crippen molar-refractivity contribution in [3.63, 3.8) is 0 Å². The summed E-state index contributed by atoms with van der Waals surface area (Å²) < 4.78 is 0. The van der Waals surface area contributed by atoms with Crippen molar-refractivity contribution in [3.8, 4) is 0 Å². The summed E-state index contributed by atoms with van der Waals surface area (Å²) in [5, 5.41) is 0. The van der Waals surface area contributed by atoms with Gasteiger partial charge in [0.1, 0.15) is 0 Å². The molecule has 0 N–H and O–H groups in total. The summed E-state index contributed by atoms with van der Waals surface area (Å²) in [6.07, 6.45) is 4.24. The summed E-state index contributed by atoms with van der Waals surface area (Å²) in [4.78, 5) is 7.52. The molecular weight excluding hydrogens is 270 g/mol. The molecule has 2 rings (SSSR count). The number of hydrogen-bond acceptors (Lipinski definition) is 3. The van der Waals surface area contributed by atoms with Crippen molar-refractivity contribution in [2.75, 3.05) is 46.3 Å². The van der Waals surface area contributed by atoms with Crippen LogP contribution >= 0.6 is 0 Å². The van der Waals surface area contributed by atoms with Crippen molar-refractivity contribution in [1.82, 2.24) is 14.7 Å². The quantitative estimate of drug-likeness (QED) is 0.671. The minimum Gasteiger partial charge on any atom is -0.304 e. The summed E-state index contributed by atoms with van der Waals surface area (Å²) in [6.45, 7) is 21.3. The lowest BCUT2D eigenvalue weighted by Gasteiger charge is -2.41. The second-order valence-electron chi connectivity index (χ2n) is 8.68. The SMILES string of the molecule is C.CC(C)(C)N1CCCCC1.CN1CCN(C(C)(C)C)CC1. The third-order valence-corrected chi connectivity index (χ3v) is 4.76. The Bertz CT molecular complexity index is 274. The average Bonchev–Trinajstić information content (AvgIpc) is 2.39. The first kappa shape index (κ1) is 21.9. The van der Waals surface area contributed by atoms with Crippen molar-refractivity contribution >= 4 is 0 Å². The summed E-state index contributed by atoms with van der Waals surface area (Å²) in [5.41, 5.74) is 0.766. The molecule has 2 heterocycles. The summed E-state index contributed by atoms with van der Waals surface area (Å²) in [5.74, 6) is 0. The van der Waals surface area contributed by atoms with Crippen LogP contribution in [0.5, 0.6) is 0 Å². The van der Waals surface area contributed by atoms with Gasteiger partial charge < -0.3 is 4.90 Å². The van der Waals surface area contributed by atoms with Gasteiger partial charge in [-0.2, -0.15) is 0 Å². The van der Waals surface area contributed by atoms with Gasteiger partial charge in [0, 0.05) is 37.3 Å². The van der Waals surface area contributed by atoms with Crippen LogP contribution in [0.1, 0.15) is 68.2 Å². The first-order valence-electron chi connectivity index (χ1n) is 8.79. The van der Waals surface area contributed by atoms with Gasteiger partial charge in [-0.25, -0.2) is 0 Å². The summed E-state index contributed by atoms with van der Waals surface area (Å²) in [7, 11) is 2.19. The molecule has 0 unspecified atom stereocenters. The first-order valence-corrected chi connectivity index (χ1v) is 8.79. The highest BCUT2D eigenvalue weighted by Gasteiger charge is 2.24. The lowest BCUT2D eigenvalue weighted by atomic mass is 10.0. The molecule has 0 amide bonds. The standard InChI is InChI=1S/C9H20N2.C9H19N.CH4/c1-9(2,3)11-7-5-10(4)6-8-11;1-9(2,3)10-7-5-4-6-8-10;/h5-8H2,1-4H3;4-8H2,1-3H3;1H4. The van der Waals surface area contributed by atoms with Crippen molar-refractivity contribution in [2.24, 2.45) is 0 Å². The molecule has 2 aliphatic heterocycles. The van der Waals surface area contributed by atoms with Crippen LogP contribution in [0.3, 0.4) is 0 Å². The highest BCUT2D eigenvalue weighted by Crippen LogP contribution is 2.19. The Balaban J connectivity index is 0.000000385. The molecule has 0 aromatic rings. The van der Waals surface area contributed by atoms with E-state index in [0.717, 1.165) is 0 Å². The van der Waals surface area contributed by atoms with Crippen molar-refractivity contribution in [1.29, 1.82) is 0 Å². The zero-order valence-electron chi connectivity index (χ0n) is 15.7. The molecule has 0 spiro atoms. The lowest BCUT2D eigenvalue weighted by molar-refractivity contribution is 0.0735. The number of rotatable bonds is 0. The van der Waals surface area contributed by atoms with Crippen LogP contribution in [0, 0.1) is 0 Å². The molecule has 0 atom stereocenters. The number of likely N-dealkylation sites (N-methyl/N-ethyl adjacent to an activating group) is 1. The van der Waals surface area contributed by atoms with E-state index in [-0.39, 0.29) is 7.43 Å². The van der Waals surface area contributed by atoms with Gasteiger partial charge in [-0.15, -0.1) is 0 Å². The minimum atomic E-state index is 0. The summed E-state index contributed by atoms with van der Waals surface area (Å²) in [6, 6.07) is 0. The van der Waals surface area contributed by atoms with Crippen LogP contribution in [0.15, 0.2) is 0 Å². The van der Waals surface area contributed by atoms with Crippen molar-refractivity contribution in [2.45, 2.75) is 79.3 Å². The van der Waals surface area contributed by atoms with E-state index in [9.17, 15) is 0 Å². The van der Waals surface area contributed by atoms with Crippen LogP contribution in [-0.2, 0) is 0 Å². The Hall–Kier alpha value is -0.120. The molecule has 22 heavy (non-hydrogen) atoms. The van der Waals surface area contributed by atoms with E-state index in [1.54, 1.807) is 0 Å². The van der Waals surface area contributed by atoms with E-state index < -0.39 is 0 Å². The number of piperidine rings is 1. The number of likely N-dealkylation sites (tertiary alicyclic amines) is 1. The molecule has 2 fully saturated rings. The third-order valence-electron chi connectivity index (χ3n) is 4.76. The Morgan fingerprint density at radius 1 is 0.545 bits per heavy atom. The largest absolute Gasteiger partial charge is 0.304 e. The molecule has 0 aliphatic carbocycles.